The fraction of sp³-hybridized carbons (Fsp3) is 0.500. The third kappa shape index (κ3) is 2.59. The van der Waals surface area contributed by atoms with Gasteiger partial charge in [-0.25, -0.2) is 0 Å². The van der Waals surface area contributed by atoms with Gasteiger partial charge in [-0.2, -0.15) is 10.2 Å². The van der Waals surface area contributed by atoms with Crippen LogP contribution < -0.4 is 5.32 Å². The van der Waals surface area contributed by atoms with Gasteiger partial charge in [-0.3, -0.25) is 14.6 Å². The number of aryl methyl sites for hydroxylation is 3. The average Bonchev–Trinajstić information content (AvgIpc) is 2.97. The van der Waals surface area contributed by atoms with Crippen LogP contribution in [0.5, 0.6) is 0 Å². The van der Waals surface area contributed by atoms with E-state index in [1.165, 1.54) is 0 Å². The van der Waals surface area contributed by atoms with E-state index < -0.39 is 0 Å². The fourth-order valence-electron chi connectivity index (χ4n) is 2.06. The Hall–Kier alpha value is -2.11. The monoisotopic (exact) mass is 275 g/mol. The molecule has 0 saturated heterocycles. The minimum Gasteiger partial charge on any atom is -0.318 e. The van der Waals surface area contributed by atoms with Crippen LogP contribution in [0.25, 0.3) is 0 Å². The van der Waals surface area contributed by atoms with Gasteiger partial charge in [-0.05, 0) is 32.8 Å². The number of aromatic nitrogens is 4. The molecule has 108 valence electrons. The van der Waals surface area contributed by atoms with Crippen LogP contribution in [0.3, 0.4) is 0 Å². The Morgan fingerprint density at radius 1 is 1.45 bits per heavy atom. The molecule has 0 aliphatic heterocycles. The quantitative estimate of drug-likeness (QED) is 0.900. The molecule has 6 heteroatoms. The van der Waals surface area contributed by atoms with Crippen molar-refractivity contribution in [3.05, 3.63) is 28.8 Å². The molecule has 0 bridgehead atoms. The minimum atomic E-state index is -0.154. The molecule has 20 heavy (non-hydrogen) atoms. The lowest BCUT2D eigenvalue weighted by Gasteiger charge is -2.06. The Morgan fingerprint density at radius 3 is 2.65 bits per heavy atom. The van der Waals surface area contributed by atoms with E-state index in [-0.39, 0.29) is 5.91 Å². The Labute approximate surface area is 118 Å². The van der Waals surface area contributed by atoms with Crippen molar-refractivity contribution in [2.24, 2.45) is 0 Å². The first-order chi connectivity index (χ1) is 9.43. The molecular formula is C14H21N5O. The van der Waals surface area contributed by atoms with Crippen molar-refractivity contribution in [1.29, 1.82) is 0 Å². The molecular weight excluding hydrogens is 254 g/mol. The highest BCUT2D eigenvalue weighted by molar-refractivity contribution is 6.03. The number of carbonyl (C=O) groups excluding carboxylic acids is 1. The number of nitrogens with zero attached hydrogens (tertiary/aromatic N) is 3. The average molecular weight is 275 g/mol. The number of nitrogens with one attached hydrogen (secondary N) is 2. The minimum absolute atomic E-state index is 0.154. The van der Waals surface area contributed by atoms with Gasteiger partial charge in [0.25, 0.3) is 5.91 Å². The molecule has 2 N–H and O–H groups in total. The van der Waals surface area contributed by atoms with Gasteiger partial charge in [0.05, 0.1) is 22.8 Å². The molecule has 0 saturated carbocycles. The molecule has 0 unspecified atom stereocenters. The first kappa shape index (κ1) is 14.3. The van der Waals surface area contributed by atoms with E-state index in [1.54, 1.807) is 4.68 Å². The molecule has 0 fully saturated rings. The number of H-pyrrole nitrogens is 1. The van der Waals surface area contributed by atoms with Gasteiger partial charge in [0.15, 0.2) is 0 Å². The highest BCUT2D eigenvalue weighted by atomic mass is 16.2. The molecule has 0 aromatic carbocycles. The summed E-state index contributed by atoms with van der Waals surface area (Å²) in [7, 11) is 0. The Kier molecular flexibility index (Phi) is 3.92. The molecule has 6 nitrogen and oxygen atoms in total. The molecule has 0 spiro atoms. The molecule has 2 aromatic rings. The maximum absolute atomic E-state index is 12.4. The number of rotatable bonds is 4. The summed E-state index contributed by atoms with van der Waals surface area (Å²) in [6.45, 7) is 10.5. The van der Waals surface area contributed by atoms with Crippen LogP contribution >= 0.6 is 0 Å². The summed E-state index contributed by atoms with van der Waals surface area (Å²) in [6.07, 6.45) is 0. The smallest absolute Gasteiger partial charge is 0.274 e. The third-order valence-electron chi connectivity index (χ3n) is 3.29. The van der Waals surface area contributed by atoms with Crippen molar-refractivity contribution in [1.82, 2.24) is 20.0 Å². The van der Waals surface area contributed by atoms with Crippen LogP contribution in [0.1, 0.15) is 54.3 Å². The fourth-order valence-corrected chi connectivity index (χ4v) is 2.06. The molecule has 2 rings (SSSR count). The summed E-state index contributed by atoms with van der Waals surface area (Å²) >= 11 is 0. The normalized spacial score (nSPS) is 11.1. The van der Waals surface area contributed by atoms with Crippen LogP contribution in [-0.2, 0) is 6.54 Å². The van der Waals surface area contributed by atoms with Gasteiger partial charge in [0.1, 0.15) is 5.69 Å². The first-order valence-electron chi connectivity index (χ1n) is 6.84. The molecule has 0 atom stereocenters. The van der Waals surface area contributed by atoms with E-state index >= 15 is 0 Å². The summed E-state index contributed by atoms with van der Waals surface area (Å²) < 4.78 is 1.73. The standard InChI is InChI=1S/C14H21N5O/c1-6-19-12(7-11(18-19)8(2)3)14(20)15-13-9(4)16-17-10(13)5/h7-8H,6H2,1-5H3,(H,15,20)(H,16,17). The zero-order valence-corrected chi connectivity index (χ0v) is 12.6. The second-order valence-electron chi connectivity index (χ2n) is 5.19. The van der Waals surface area contributed by atoms with Crippen LogP contribution in [-0.4, -0.2) is 25.9 Å². The van der Waals surface area contributed by atoms with Gasteiger partial charge < -0.3 is 5.32 Å². The molecule has 0 aliphatic carbocycles. The van der Waals surface area contributed by atoms with E-state index in [0.717, 1.165) is 22.8 Å². The molecule has 0 aliphatic rings. The van der Waals surface area contributed by atoms with Crippen LogP contribution in [0.4, 0.5) is 5.69 Å². The SMILES string of the molecule is CCn1nc(C(C)C)cc1C(=O)Nc1c(C)n[nH]c1C. The highest BCUT2D eigenvalue weighted by Crippen LogP contribution is 2.19. The van der Waals surface area contributed by atoms with Crippen molar-refractivity contribution in [3.63, 3.8) is 0 Å². The zero-order valence-electron chi connectivity index (χ0n) is 12.6. The number of amides is 1. The predicted octanol–water partition coefficient (Wildman–Crippen LogP) is 2.62. The largest absolute Gasteiger partial charge is 0.318 e. The number of aromatic amines is 1. The van der Waals surface area contributed by atoms with Crippen LogP contribution in [0, 0.1) is 13.8 Å². The highest BCUT2D eigenvalue weighted by Gasteiger charge is 2.18. The number of hydrogen-bond acceptors (Lipinski definition) is 3. The number of hydrogen-bond donors (Lipinski definition) is 2. The van der Waals surface area contributed by atoms with Crippen LogP contribution in [0.2, 0.25) is 0 Å². The van der Waals surface area contributed by atoms with Crippen molar-refractivity contribution in [2.75, 3.05) is 5.32 Å². The van der Waals surface area contributed by atoms with E-state index in [4.69, 9.17) is 0 Å². The van der Waals surface area contributed by atoms with Gasteiger partial charge in [-0.1, -0.05) is 13.8 Å². The zero-order chi connectivity index (χ0) is 14.9. The van der Waals surface area contributed by atoms with Crippen molar-refractivity contribution in [3.8, 4) is 0 Å². The Bertz CT molecular complexity index is 604. The van der Waals surface area contributed by atoms with Crippen molar-refractivity contribution >= 4 is 11.6 Å². The lowest BCUT2D eigenvalue weighted by molar-refractivity contribution is 0.101. The van der Waals surface area contributed by atoms with Crippen molar-refractivity contribution in [2.45, 2.75) is 47.1 Å². The summed E-state index contributed by atoms with van der Waals surface area (Å²) in [4.78, 5) is 12.4. The molecule has 2 aromatic heterocycles. The Morgan fingerprint density at radius 2 is 2.15 bits per heavy atom. The molecule has 2 heterocycles. The topological polar surface area (TPSA) is 75.6 Å². The van der Waals surface area contributed by atoms with Gasteiger partial charge >= 0.3 is 0 Å². The Balaban J connectivity index is 2.29. The number of carbonyl (C=O) groups is 1. The van der Waals surface area contributed by atoms with Gasteiger partial charge in [0.2, 0.25) is 0 Å². The van der Waals surface area contributed by atoms with E-state index in [1.807, 2.05) is 26.8 Å². The molecule has 0 radical (unpaired) electrons. The third-order valence-corrected chi connectivity index (χ3v) is 3.29. The second-order valence-corrected chi connectivity index (χ2v) is 5.19. The van der Waals surface area contributed by atoms with Gasteiger partial charge in [-0.15, -0.1) is 0 Å². The van der Waals surface area contributed by atoms with Crippen molar-refractivity contribution < 1.29 is 4.79 Å². The summed E-state index contributed by atoms with van der Waals surface area (Å²) in [5, 5.41) is 14.3. The summed E-state index contributed by atoms with van der Waals surface area (Å²) in [6, 6.07) is 1.86. The maximum atomic E-state index is 12.4. The lowest BCUT2D eigenvalue weighted by atomic mass is 10.1. The van der Waals surface area contributed by atoms with Crippen LogP contribution in [0.15, 0.2) is 6.07 Å². The van der Waals surface area contributed by atoms with E-state index in [0.29, 0.717) is 18.2 Å². The van der Waals surface area contributed by atoms with E-state index in [2.05, 4.69) is 34.5 Å². The summed E-state index contributed by atoms with van der Waals surface area (Å²) in [5.41, 5.74) is 3.88. The first-order valence-corrected chi connectivity index (χ1v) is 6.84. The van der Waals surface area contributed by atoms with E-state index in [9.17, 15) is 4.79 Å². The lowest BCUT2D eigenvalue weighted by Crippen LogP contribution is -2.18. The van der Waals surface area contributed by atoms with Gasteiger partial charge in [0, 0.05) is 6.54 Å². The predicted molar refractivity (Wildman–Crippen MR) is 78.0 cm³/mol. The second kappa shape index (κ2) is 5.48. The molecule has 1 amide bonds. The maximum Gasteiger partial charge on any atom is 0.274 e. The summed E-state index contributed by atoms with van der Waals surface area (Å²) in [5.74, 6) is 0.144. The number of anilines is 1.